The normalized spacial score (nSPS) is 16.6. The highest BCUT2D eigenvalue weighted by Crippen LogP contribution is 2.50. The van der Waals surface area contributed by atoms with Crippen LogP contribution in [0.1, 0.15) is 88.9 Å². The second-order valence-corrected chi connectivity index (χ2v) is 19.8. The Morgan fingerprint density at radius 1 is 1.00 bits per heavy atom. The van der Waals surface area contributed by atoms with Crippen LogP contribution in [0.25, 0.3) is 21.2 Å². The van der Waals surface area contributed by atoms with Gasteiger partial charge in [0.1, 0.15) is 12.3 Å². The van der Waals surface area contributed by atoms with Gasteiger partial charge in [-0.1, -0.05) is 55.8 Å². The third-order valence-electron chi connectivity index (χ3n) is 12.8. The van der Waals surface area contributed by atoms with Crippen molar-refractivity contribution in [3.8, 4) is 16.2 Å². The van der Waals surface area contributed by atoms with Crippen LogP contribution in [0.15, 0.2) is 78.9 Å². The number of carboxylic acids is 2. The van der Waals surface area contributed by atoms with Crippen molar-refractivity contribution in [3.63, 3.8) is 0 Å². The van der Waals surface area contributed by atoms with Crippen molar-refractivity contribution >= 4 is 80.2 Å². The Labute approximate surface area is 388 Å². The fraction of sp³-hybridized carbons (Fsp3) is 0.367. The van der Waals surface area contributed by atoms with Gasteiger partial charge in [0.25, 0.3) is 5.91 Å². The van der Waals surface area contributed by atoms with Crippen molar-refractivity contribution in [2.24, 2.45) is 5.41 Å². The molecule has 3 atom stereocenters. The summed E-state index contributed by atoms with van der Waals surface area (Å²) in [5.41, 5.74) is 5.59. The van der Waals surface area contributed by atoms with E-state index in [1.807, 2.05) is 46.8 Å². The number of nitrogens with zero attached hydrogens (tertiary/aromatic N) is 2. The van der Waals surface area contributed by atoms with Crippen LogP contribution in [-0.2, 0) is 31.1 Å². The molecule has 0 radical (unpaired) electrons. The number of carbonyl (C=O) groups excluding carboxylic acids is 3. The van der Waals surface area contributed by atoms with E-state index >= 15 is 4.39 Å². The number of anilines is 3. The highest BCUT2D eigenvalue weighted by atomic mass is 32.2. The summed E-state index contributed by atoms with van der Waals surface area (Å²) in [7, 11) is 0.334. The van der Waals surface area contributed by atoms with Crippen LogP contribution in [0.3, 0.4) is 0 Å². The summed E-state index contributed by atoms with van der Waals surface area (Å²) in [6.07, 6.45) is 5.68. The number of ether oxygens (including phenoxy) is 1. The van der Waals surface area contributed by atoms with Gasteiger partial charge >= 0.3 is 11.9 Å². The van der Waals surface area contributed by atoms with Crippen molar-refractivity contribution < 1.29 is 47.5 Å². The fourth-order valence-corrected chi connectivity index (χ4v) is 12.3. The summed E-state index contributed by atoms with van der Waals surface area (Å²) in [5.74, 6) is -4.19. The van der Waals surface area contributed by atoms with Gasteiger partial charge in [-0.05, 0) is 96.5 Å². The van der Waals surface area contributed by atoms with Gasteiger partial charge < -0.3 is 35.7 Å². The lowest BCUT2D eigenvalue weighted by atomic mass is 9.61. The number of thiophene rings is 1. The maximum atomic E-state index is 15.3. The molecular formula is C49H52FN5O9S2. The summed E-state index contributed by atoms with van der Waals surface area (Å²) >= 11 is 0.692. The molecule has 2 fully saturated rings. The molecule has 1 aromatic heterocycles. The van der Waals surface area contributed by atoms with Crippen LogP contribution < -0.4 is 25.6 Å². The molecule has 66 heavy (non-hydrogen) atoms. The molecule has 17 heteroatoms. The SMILES string of the molecule is CCCC(CCNc1cccc(CS(=O)N2CC3(CC(Nc4cccc(-c5sc(C(=O)O)c(OCC(=O)O)c5F)c4)C3)C2)c1)c1ccc2c3c(cccc13)C(=O)N2C(CCC=O)C(=O)NC. The zero-order valence-electron chi connectivity index (χ0n) is 36.6. The number of hydrogen-bond acceptors (Lipinski definition) is 10. The van der Waals surface area contributed by atoms with E-state index in [1.165, 1.54) is 7.05 Å². The van der Waals surface area contributed by atoms with Crippen molar-refractivity contribution in [1.29, 1.82) is 0 Å². The monoisotopic (exact) mass is 937 g/mol. The molecule has 5 N–H and O–H groups in total. The first kappa shape index (κ1) is 46.4. The number of halogens is 1. The fourth-order valence-electron chi connectivity index (χ4n) is 9.83. The van der Waals surface area contributed by atoms with Gasteiger partial charge in [0, 0.05) is 66.9 Å². The van der Waals surface area contributed by atoms with Gasteiger partial charge in [-0.25, -0.2) is 22.5 Å². The topological polar surface area (TPSA) is 195 Å². The van der Waals surface area contributed by atoms with Crippen LogP contribution in [-0.4, -0.2) is 94.1 Å². The van der Waals surface area contributed by atoms with Gasteiger partial charge in [0.2, 0.25) is 5.91 Å². The van der Waals surface area contributed by atoms with E-state index in [4.69, 9.17) is 9.84 Å². The van der Waals surface area contributed by atoms with Crippen LogP contribution in [0.4, 0.5) is 21.5 Å². The second-order valence-electron chi connectivity index (χ2n) is 17.3. The minimum atomic E-state index is -1.41. The minimum absolute atomic E-state index is 0.0446. The van der Waals surface area contributed by atoms with E-state index in [0.29, 0.717) is 40.4 Å². The Morgan fingerprint density at radius 3 is 2.48 bits per heavy atom. The predicted octanol–water partition coefficient (Wildman–Crippen LogP) is 8.05. The maximum Gasteiger partial charge on any atom is 0.349 e. The van der Waals surface area contributed by atoms with E-state index in [1.54, 1.807) is 23.1 Å². The standard InChI is InChI=1S/C49H52FN5O9S2/c1-3-8-30(35-16-17-38-41-36(35)13-6-14-37(41)47(60)55(38)39(15-7-20-56)46(59)51-2)18-19-52-32-11-4-9-29(21-32)26-66(63)54-27-49(28-54)23-34(24-49)53-33-12-5-10-31(22-33)44-42(50)43(64-25-40(57)58)45(65-44)48(61)62/h4-6,9-14,16-17,20-22,30,34,39,52-53H,3,7-8,15,18-19,23-28H2,1-2H3,(H,51,59)(H,57,58)(H,61,62). The summed E-state index contributed by atoms with van der Waals surface area (Å²) in [6, 6.07) is 24.2. The lowest BCUT2D eigenvalue weighted by molar-refractivity contribution is -0.139. The van der Waals surface area contributed by atoms with Crippen molar-refractivity contribution in [2.75, 3.05) is 48.8 Å². The number of aliphatic carboxylic acids is 1. The maximum absolute atomic E-state index is 15.3. The minimum Gasteiger partial charge on any atom is -0.479 e. The third kappa shape index (κ3) is 9.42. The first-order valence-electron chi connectivity index (χ1n) is 22.1. The van der Waals surface area contributed by atoms with Gasteiger partial charge in [-0.2, -0.15) is 0 Å². The zero-order chi connectivity index (χ0) is 46.7. The van der Waals surface area contributed by atoms with E-state index in [0.717, 1.165) is 84.8 Å². The number of carboxylic acid groups (broad SMARTS) is 2. The number of aldehydes is 1. The quantitative estimate of drug-likeness (QED) is 0.0422. The van der Waals surface area contributed by atoms with Gasteiger partial charge in [-0.3, -0.25) is 14.5 Å². The van der Waals surface area contributed by atoms with E-state index in [-0.39, 0.29) is 46.9 Å². The highest BCUT2D eigenvalue weighted by Gasteiger charge is 2.53. The average Bonchev–Trinajstić information content (AvgIpc) is 3.76. The van der Waals surface area contributed by atoms with Gasteiger partial charge in [-0.15, -0.1) is 11.3 Å². The number of benzene rings is 4. The van der Waals surface area contributed by atoms with Crippen LogP contribution in [0, 0.1) is 11.2 Å². The molecule has 3 heterocycles. The first-order chi connectivity index (χ1) is 31.8. The molecule has 2 amide bonds. The lowest BCUT2D eigenvalue weighted by Gasteiger charge is -2.58. The first-order valence-corrected chi connectivity index (χ1v) is 24.2. The van der Waals surface area contributed by atoms with E-state index in [9.17, 15) is 33.3 Å². The second kappa shape index (κ2) is 19.7. The number of nitrogens with one attached hydrogen (secondary N) is 3. The number of carbonyl (C=O) groups is 5. The Hall–Kier alpha value is -6.17. The average molecular weight is 938 g/mol. The van der Waals surface area contributed by atoms with E-state index < -0.39 is 52.0 Å². The predicted molar refractivity (Wildman–Crippen MR) is 253 cm³/mol. The number of aromatic carboxylic acids is 1. The van der Waals surface area contributed by atoms with E-state index in [2.05, 4.69) is 41.1 Å². The summed E-state index contributed by atoms with van der Waals surface area (Å²) in [4.78, 5) is 61.9. The Balaban J connectivity index is 0.839. The summed E-state index contributed by atoms with van der Waals surface area (Å²) in [6.45, 7) is 3.45. The number of hydrogen-bond donors (Lipinski definition) is 5. The number of amides is 2. The molecule has 14 nitrogen and oxygen atoms in total. The van der Waals surface area contributed by atoms with Crippen molar-refractivity contribution in [3.05, 3.63) is 106 Å². The molecule has 1 saturated heterocycles. The molecular weight excluding hydrogens is 886 g/mol. The third-order valence-corrected chi connectivity index (χ3v) is 15.4. The van der Waals surface area contributed by atoms with Crippen molar-refractivity contribution in [1.82, 2.24) is 9.62 Å². The van der Waals surface area contributed by atoms with Gasteiger partial charge in [0.05, 0.1) is 27.3 Å². The highest BCUT2D eigenvalue weighted by molar-refractivity contribution is 7.81. The molecule has 8 rings (SSSR count). The Morgan fingerprint density at radius 2 is 1.76 bits per heavy atom. The van der Waals surface area contributed by atoms with Gasteiger partial charge in [0.15, 0.2) is 23.1 Å². The lowest BCUT2D eigenvalue weighted by Crippen LogP contribution is -2.65. The molecule has 0 bridgehead atoms. The van der Waals surface area contributed by atoms with Crippen LogP contribution >= 0.6 is 11.3 Å². The Bertz CT molecular complexity index is 2710. The Kier molecular flexibility index (Phi) is 13.9. The molecule has 5 aromatic rings. The molecule has 3 aliphatic rings. The summed E-state index contributed by atoms with van der Waals surface area (Å²) in [5, 5.41) is 30.1. The zero-order valence-corrected chi connectivity index (χ0v) is 38.3. The largest absolute Gasteiger partial charge is 0.479 e. The smallest absolute Gasteiger partial charge is 0.349 e. The van der Waals surface area contributed by atoms with Crippen LogP contribution in [0.5, 0.6) is 5.75 Å². The molecule has 1 aliphatic carbocycles. The molecule has 4 aromatic carbocycles. The molecule has 2 aliphatic heterocycles. The molecule has 346 valence electrons. The molecule has 1 saturated carbocycles. The molecule has 1 spiro atoms. The summed E-state index contributed by atoms with van der Waals surface area (Å²) < 4.78 is 35.9. The van der Waals surface area contributed by atoms with Crippen LogP contribution in [0.2, 0.25) is 0 Å². The molecule has 3 unspecified atom stereocenters. The number of rotatable bonds is 22. The van der Waals surface area contributed by atoms with Crippen molar-refractivity contribution in [2.45, 2.75) is 75.6 Å². The number of likely N-dealkylation sites (N-methyl/N-ethyl adjacent to an activating group) is 1.